The number of hydrogen-bond acceptors (Lipinski definition) is 6. The number of anilines is 1. The summed E-state index contributed by atoms with van der Waals surface area (Å²) in [4.78, 5) is 29.1. The van der Waals surface area contributed by atoms with Crippen molar-refractivity contribution < 1.29 is 18.7 Å². The Bertz CT molecular complexity index is 1060. The van der Waals surface area contributed by atoms with Gasteiger partial charge in [0, 0.05) is 42.5 Å². The highest BCUT2D eigenvalue weighted by Crippen LogP contribution is 2.24. The zero-order chi connectivity index (χ0) is 21.1. The van der Waals surface area contributed by atoms with Gasteiger partial charge in [-0.05, 0) is 48.9 Å². The van der Waals surface area contributed by atoms with Crippen LogP contribution in [0, 0.1) is 6.92 Å². The smallest absolute Gasteiger partial charge is 0.258 e. The summed E-state index contributed by atoms with van der Waals surface area (Å²) in [5.41, 5.74) is 3.37. The van der Waals surface area contributed by atoms with Gasteiger partial charge in [-0.1, -0.05) is 6.07 Å². The molecule has 0 N–H and O–H groups in total. The second-order valence-corrected chi connectivity index (χ2v) is 7.09. The molecule has 0 radical (unpaired) electrons. The number of amides is 2. The topological polar surface area (TPSA) is 88.8 Å². The SMILES string of the molecule is Cc1cc(C(=O)N2CCOCC2)ccc1N(C)C(=O)c1cccc(-c2nnco2)c1. The molecule has 8 nitrogen and oxygen atoms in total. The molecule has 8 heteroatoms. The van der Waals surface area contributed by atoms with Crippen molar-refractivity contribution in [2.75, 3.05) is 38.3 Å². The average Bonchev–Trinajstić information content (AvgIpc) is 3.33. The Hall–Kier alpha value is -3.52. The highest BCUT2D eigenvalue weighted by atomic mass is 16.5. The predicted molar refractivity (Wildman–Crippen MR) is 110 cm³/mol. The molecule has 1 aliphatic heterocycles. The molecule has 0 unspecified atom stereocenters. The number of morpholine rings is 1. The number of ether oxygens (including phenoxy) is 1. The Balaban J connectivity index is 1.54. The van der Waals surface area contributed by atoms with E-state index >= 15 is 0 Å². The number of carbonyl (C=O) groups is 2. The Morgan fingerprint density at radius 1 is 1.07 bits per heavy atom. The van der Waals surface area contributed by atoms with Gasteiger partial charge in [0.2, 0.25) is 12.3 Å². The molecule has 3 aromatic rings. The van der Waals surface area contributed by atoms with Crippen LogP contribution in [0.25, 0.3) is 11.5 Å². The Morgan fingerprint density at radius 2 is 1.87 bits per heavy atom. The van der Waals surface area contributed by atoms with Gasteiger partial charge in [0.05, 0.1) is 13.2 Å². The van der Waals surface area contributed by atoms with Crippen molar-refractivity contribution in [2.45, 2.75) is 6.92 Å². The normalized spacial score (nSPS) is 13.9. The number of rotatable bonds is 4. The van der Waals surface area contributed by atoms with Gasteiger partial charge in [-0.25, -0.2) is 0 Å². The summed E-state index contributed by atoms with van der Waals surface area (Å²) in [6.45, 7) is 4.19. The van der Waals surface area contributed by atoms with Gasteiger partial charge in [0.15, 0.2) is 0 Å². The second kappa shape index (κ2) is 8.46. The maximum atomic E-state index is 13.1. The van der Waals surface area contributed by atoms with E-state index in [2.05, 4.69) is 10.2 Å². The van der Waals surface area contributed by atoms with Crippen LogP contribution in [-0.2, 0) is 4.74 Å². The van der Waals surface area contributed by atoms with Crippen molar-refractivity contribution in [3.63, 3.8) is 0 Å². The molecule has 0 atom stereocenters. The molecule has 0 aliphatic carbocycles. The van der Waals surface area contributed by atoms with E-state index in [1.807, 2.05) is 25.1 Å². The highest BCUT2D eigenvalue weighted by molar-refractivity contribution is 6.07. The van der Waals surface area contributed by atoms with E-state index in [0.717, 1.165) is 11.3 Å². The molecule has 2 aromatic carbocycles. The summed E-state index contributed by atoms with van der Waals surface area (Å²) >= 11 is 0. The van der Waals surface area contributed by atoms with Gasteiger partial charge in [-0.3, -0.25) is 9.59 Å². The molecule has 30 heavy (non-hydrogen) atoms. The standard InChI is InChI=1S/C22H22N4O4/c1-15-12-18(22(28)26-8-10-29-11-9-26)6-7-19(15)25(2)21(27)17-5-3-4-16(13-17)20-24-23-14-30-20/h3-7,12-14H,8-11H2,1-2H3. The van der Waals surface area contributed by atoms with Crippen LogP contribution in [0.3, 0.4) is 0 Å². The molecular formula is C22H22N4O4. The van der Waals surface area contributed by atoms with E-state index < -0.39 is 0 Å². The van der Waals surface area contributed by atoms with E-state index in [9.17, 15) is 9.59 Å². The molecule has 2 heterocycles. The van der Waals surface area contributed by atoms with Crippen LogP contribution in [0.15, 0.2) is 53.3 Å². The summed E-state index contributed by atoms with van der Waals surface area (Å²) in [6.07, 6.45) is 1.25. The highest BCUT2D eigenvalue weighted by Gasteiger charge is 2.21. The van der Waals surface area contributed by atoms with Crippen LogP contribution in [-0.4, -0.2) is 60.3 Å². The first-order valence-electron chi connectivity index (χ1n) is 9.67. The van der Waals surface area contributed by atoms with Crippen LogP contribution >= 0.6 is 0 Å². The number of hydrogen-bond donors (Lipinski definition) is 0. The molecule has 154 valence electrons. The summed E-state index contributed by atoms with van der Waals surface area (Å²) in [5.74, 6) is 0.162. The van der Waals surface area contributed by atoms with Crippen molar-refractivity contribution in [3.8, 4) is 11.5 Å². The van der Waals surface area contributed by atoms with Crippen molar-refractivity contribution in [2.24, 2.45) is 0 Å². The van der Waals surface area contributed by atoms with E-state index in [1.165, 1.54) is 6.39 Å². The van der Waals surface area contributed by atoms with Gasteiger partial charge < -0.3 is 19.0 Å². The van der Waals surface area contributed by atoms with Gasteiger partial charge in [-0.2, -0.15) is 0 Å². The van der Waals surface area contributed by atoms with Gasteiger partial charge in [0.1, 0.15) is 0 Å². The molecule has 2 amide bonds. The van der Waals surface area contributed by atoms with Crippen LogP contribution in [0.4, 0.5) is 5.69 Å². The van der Waals surface area contributed by atoms with Crippen molar-refractivity contribution in [1.82, 2.24) is 15.1 Å². The molecular weight excluding hydrogens is 384 g/mol. The van der Waals surface area contributed by atoms with Crippen molar-refractivity contribution in [1.29, 1.82) is 0 Å². The summed E-state index contributed by atoms with van der Waals surface area (Å²) in [7, 11) is 1.72. The minimum absolute atomic E-state index is 0.0193. The fourth-order valence-electron chi connectivity index (χ4n) is 3.50. The first kappa shape index (κ1) is 19.8. The lowest BCUT2D eigenvalue weighted by Crippen LogP contribution is -2.40. The lowest BCUT2D eigenvalue weighted by atomic mass is 10.1. The fourth-order valence-corrected chi connectivity index (χ4v) is 3.50. The minimum Gasteiger partial charge on any atom is -0.423 e. The van der Waals surface area contributed by atoms with Crippen molar-refractivity contribution in [3.05, 3.63) is 65.5 Å². The number of benzene rings is 2. The Labute approximate surface area is 174 Å². The first-order valence-corrected chi connectivity index (χ1v) is 9.67. The quantitative estimate of drug-likeness (QED) is 0.662. The van der Waals surface area contributed by atoms with Crippen LogP contribution in [0.1, 0.15) is 26.3 Å². The summed E-state index contributed by atoms with van der Waals surface area (Å²) < 4.78 is 10.5. The molecule has 0 bridgehead atoms. The van der Waals surface area contributed by atoms with Gasteiger partial charge in [-0.15, -0.1) is 10.2 Å². The fraction of sp³-hybridized carbons (Fsp3) is 0.273. The molecule has 1 saturated heterocycles. The lowest BCUT2D eigenvalue weighted by Gasteiger charge is -2.27. The largest absolute Gasteiger partial charge is 0.423 e. The molecule has 4 rings (SSSR count). The number of aryl methyl sites for hydroxylation is 1. The summed E-state index contributed by atoms with van der Waals surface area (Å²) in [5, 5.41) is 7.56. The van der Waals surface area contributed by atoms with Crippen LogP contribution in [0.5, 0.6) is 0 Å². The monoisotopic (exact) mass is 406 g/mol. The second-order valence-electron chi connectivity index (χ2n) is 7.09. The number of nitrogens with zero attached hydrogens (tertiary/aromatic N) is 4. The number of aromatic nitrogens is 2. The average molecular weight is 406 g/mol. The third-order valence-corrected chi connectivity index (χ3v) is 5.12. The van der Waals surface area contributed by atoms with Crippen LogP contribution in [0.2, 0.25) is 0 Å². The summed E-state index contributed by atoms with van der Waals surface area (Å²) in [6, 6.07) is 12.4. The van der Waals surface area contributed by atoms with E-state index in [-0.39, 0.29) is 11.8 Å². The molecule has 1 aromatic heterocycles. The Kier molecular flexibility index (Phi) is 5.58. The first-order chi connectivity index (χ1) is 14.5. The predicted octanol–water partition coefficient (Wildman–Crippen LogP) is 2.79. The third kappa shape index (κ3) is 3.95. The third-order valence-electron chi connectivity index (χ3n) is 5.12. The van der Waals surface area contributed by atoms with E-state index in [1.54, 1.807) is 41.1 Å². The van der Waals surface area contributed by atoms with Gasteiger partial charge >= 0.3 is 0 Å². The molecule has 0 saturated carbocycles. The van der Waals surface area contributed by atoms with E-state index in [4.69, 9.17) is 9.15 Å². The zero-order valence-electron chi connectivity index (χ0n) is 16.9. The Morgan fingerprint density at radius 3 is 2.57 bits per heavy atom. The maximum absolute atomic E-state index is 13.1. The van der Waals surface area contributed by atoms with Crippen molar-refractivity contribution >= 4 is 17.5 Å². The van der Waals surface area contributed by atoms with E-state index in [0.29, 0.717) is 48.9 Å². The van der Waals surface area contributed by atoms with Crippen LogP contribution < -0.4 is 4.90 Å². The zero-order valence-corrected chi connectivity index (χ0v) is 16.9. The minimum atomic E-state index is -0.174. The molecule has 1 aliphatic rings. The lowest BCUT2D eigenvalue weighted by molar-refractivity contribution is 0.0303. The maximum Gasteiger partial charge on any atom is 0.258 e. The number of carbonyl (C=O) groups excluding carboxylic acids is 2. The molecule has 1 fully saturated rings. The molecule has 0 spiro atoms. The van der Waals surface area contributed by atoms with Gasteiger partial charge in [0.25, 0.3) is 11.8 Å².